The van der Waals surface area contributed by atoms with Crippen molar-refractivity contribution in [2.45, 2.75) is 32.2 Å². The number of hydrogen-bond acceptors (Lipinski definition) is 4. The van der Waals surface area contributed by atoms with E-state index >= 15 is 0 Å². The second-order valence-electron chi connectivity index (χ2n) is 4.55. The first-order valence-corrected chi connectivity index (χ1v) is 7.50. The van der Waals surface area contributed by atoms with Crippen molar-refractivity contribution in [2.75, 3.05) is 26.4 Å². The van der Waals surface area contributed by atoms with Gasteiger partial charge in [-0.15, -0.1) is 0 Å². The van der Waals surface area contributed by atoms with Crippen LogP contribution in [-0.2, 0) is 12.3 Å². The topological polar surface area (TPSA) is 28.4 Å². The third-order valence-electron chi connectivity index (χ3n) is 2.83. The second-order valence-corrected chi connectivity index (χ2v) is 5.42. The summed E-state index contributed by atoms with van der Waals surface area (Å²) in [6.07, 6.45) is 2.09. The van der Waals surface area contributed by atoms with E-state index in [4.69, 9.17) is 4.42 Å². The van der Waals surface area contributed by atoms with Gasteiger partial charge in [0.2, 0.25) is 0 Å². The van der Waals surface area contributed by atoms with Crippen molar-refractivity contribution in [3.8, 4) is 0 Å². The maximum Gasteiger partial charge on any atom is 0.118 e. The number of thioether (sulfide) groups is 1. The Morgan fingerprint density at radius 3 is 2.71 bits per heavy atom. The van der Waals surface area contributed by atoms with Crippen molar-refractivity contribution in [3.05, 3.63) is 23.7 Å². The number of hydrogen-bond donors (Lipinski definition) is 1. The number of furan rings is 1. The van der Waals surface area contributed by atoms with Crippen LogP contribution >= 0.6 is 11.8 Å². The van der Waals surface area contributed by atoms with Crippen LogP contribution in [0.25, 0.3) is 0 Å². The lowest BCUT2D eigenvalue weighted by molar-refractivity contribution is 0.272. The zero-order valence-corrected chi connectivity index (χ0v) is 12.1. The first-order valence-electron chi connectivity index (χ1n) is 6.11. The summed E-state index contributed by atoms with van der Waals surface area (Å²) in [5.74, 6) is 3.05. The van der Waals surface area contributed by atoms with Crippen LogP contribution in [0.5, 0.6) is 0 Å². The molecular weight excluding hydrogens is 232 g/mol. The van der Waals surface area contributed by atoms with Crippen LogP contribution in [-0.4, -0.2) is 37.3 Å². The largest absolute Gasteiger partial charge is 0.464 e. The van der Waals surface area contributed by atoms with E-state index in [9.17, 15) is 0 Å². The molecule has 0 radical (unpaired) electrons. The fraction of sp³-hybridized carbons (Fsp3) is 0.692. The normalized spacial score (nSPS) is 11.6. The van der Waals surface area contributed by atoms with Gasteiger partial charge < -0.3 is 14.6 Å². The van der Waals surface area contributed by atoms with E-state index in [-0.39, 0.29) is 0 Å². The molecule has 0 aliphatic carbocycles. The first-order chi connectivity index (χ1) is 8.13. The average Bonchev–Trinajstić information content (AvgIpc) is 2.72. The highest BCUT2D eigenvalue weighted by molar-refractivity contribution is 7.97. The van der Waals surface area contributed by atoms with Gasteiger partial charge in [0.15, 0.2) is 0 Å². The molecule has 4 heteroatoms. The summed E-state index contributed by atoms with van der Waals surface area (Å²) >= 11 is 1.78. The van der Waals surface area contributed by atoms with E-state index in [1.54, 1.807) is 11.8 Å². The van der Waals surface area contributed by atoms with Crippen LogP contribution in [0.3, 0.4) is 0 Å². The molecular formula is C13H24N2OS. The molecule has 1 rings (SSSR count). The van der Waals surface area contributed by atoms with Crippen molar-refractivity contribution in [3.63, 3.8) is 0 Å². The molecule has 1 heterocycles. The molecule has 1 aromatic rings. The molecule has 0 aromatic carbocycles. The van der Waals surface area contributed by atoms with Crippen LogP contribution < -0.4 is 5.32 Å². The standard InChI is InChI=1S/C13H24N2OS/c1-11(2)15(3)8-7-14-9-12-5-6-13(16-12)10-17-4/h5-6,11,14H,7-10H2,1-4H3. The maximum absolute atomic E-state index is 5.68. The summed E-state index contributed by atoms with van der Waals surface area (Å²) < 4.78 is 5.68. The van der Waals surface area contributed by atoms with Crippen molar-refractivity contribution in [1.29, 1.82) is 0 Å². The molecule has 1 N–H and O–H groups in total. The molecule has 0 saturated carbocycles. The summed E-state index contributed by atoms with van der Waals surface area (Å²) in [7, 11) is 2.15. The van der Waals surface area contributed by atoms with E-state index in [0.717, 1.165) is 36.9 Å². The summed E-state index contributed by atoms with van der Waals surface area (Å²) in [6.45, 7) is 7.30. The summed E-state index contributed by atoms with van der Waals surface area (Å²) in [6, 6.07) is 4.73. The molecule has 3 nitrogen and oxygen atoms in total. The van der Waals surface area contributed by atoms with Gasteiger partial charge in [-0.25, -0.2) is 0 Å². The van der Waals surface area contributed by atoms with E-state index in [1.165, 1.54) is 0 Å². The fourth-order valence-electron chi connectivity index (χ4n) is 1.46. The lowest BCUT2D eigenvalue weighted by Crippen LogP contribution is -2.33. The van der Waals surface area contributed by atoms with Crippen LogP contribution in [0.1, 0.15) is 25.4 Å². The Labute approximate surface area is 109 Å². The van der Waals surface area contributed by atoms with Crippen LogP contribution in [0.2, 0.25) is 0 Å². The summed E-state index contributed by atoms with van der Waals surface area (Å²) in [4.78, 5) is 2.33. The lowest BCUT2D eigenvalue weighted by atomic mass is 10.3. The molecule has 0 saturated heterocycles. The second kappa shape index (κ2) is 7.80. The van der Waals surface area contributed by atoms with Gasteiger partial charge in [0.1, 0.15) is 11.5 Å². The van der Waals surface area contributed by atoms with Gasteiger partial charge in [-0.3, -0.25) is 0 Å². The van der Waals surface area contributed by atoms with E-state index in [1.807, 2.05) is 0 Å². The zero-order valence-electron chi connectivity index (χ0n) is 11.3. The van der Waals surface area contributed by atoms with Gasteiger partial charge in [0.25, 0.3) is 0 Å². The van der Waals surface area contributed by atoms with Gasteiger partial charge >= 0.3 is 0 Å². The Morgan fingerprint density at radius 2 is 2.06 bits per heavy atom. The van der Waals surface area contributed by atoms with Gasteiger partial charge in [0.05, 0.1) is 12.3 Å². The molecule has 17 heavy (non-hydrogen) atoms. The SMILES string of the molecule is CSCc1ccc(CNCCN(C)C(C)C)o1. The van der Waals surface area contributed by atoms with Crippen molar-refractivity contribution >= 4 is 11.8 Å². The predicted molar refractivity (Wildman–Crippen MR) is 75.4 cm³/mol. The fourth-order valence-corrected chi connectivity index (χ4v) is 1.90. The van der Waals surface area contributed by atoms with Crippen molar-refractivity contribution in [2.24, 2.45) is 0 Å². The van der Waals surface area contributed by atoms with Gasteiger partial charge in [0, 0.05) is 19.1 Å². The molecule has 0 aliphatic heterocycles. The van der Waals surface area contributed by atoms with E-state index in [2.05, 4.69) is 49.5 Å². The number of nitrogens with zero attached hydrogens (tertiary/aromatic N) is 1. The minimum absolute atomic E-state index is 0.605. The average molecular weight is 256 g/mol. The van der Waals surface area contributed by atoms with Crippen molar-refractivity contribution in [1.82, 2.24) is 10.2 Å². The maximum atomic E-state index is 5.68. The highest BCUT2D eigenvalue weighted by atomic mass is 32.2. The molecule has 0 spiro atoms. The van der Waals surface area contributed by atoms with Gasteiger partial charge in [-0.05, 0) is 39.3 Å². The third-order valence-corrected chi connectivity index (χ3v) is 3.40. The Kier molecular flexibility index (Phi) is 6.70. The molecule has 1 aromatic heterocycles. The van der Waals surface area contributed by atoms with Crippen molar-refractivity contribution < 1.29 is 4.42 Å². The van der Waals surface area contributed by atoms with Crippen LogP contribution in [0.15, 0.2) is 16.5 Å². The van der Waals surface area contributed by atoms with Gasteiger partial charge in [-0.2, -0.15) is 11.8 Å². The van der Waals surface area contributed by atoms with Gasteiger partial charge in [-0.1, -0.05) is 0 Å². The van der Waals surface area contributed by atoms with E-state index in [0.29, 0.717) is 6.04 Å². The Bertz CT molecular complexity index is 312. The van der Waals surface area contributed by atoms with Crippen LogP contribution in [0.4, 0.5) is 0 Å². The smallest absolute Gasteiger partial charge is 0.118 e. The summed E-state index contributed by atoms with van der Waals surface area (Å²) in [5, 5.41) is 3.40. The quantitative estimate of drug-likeness (QED) is 0.724. The first kappa shape index (κ1) is 14.6. The molecule has 0 fully saturated rings. The zero-order chi connectivity index (χ0) is 12.7. The molecule has 98 valence electrons. The Morgan fingerprint density at radius 1 is 1.35 bits per heavy atom. The molecule has 0 unspecified atom stereocenters. The Hall–Kier alpha value is -0.450. The number of likely N-dealkylation sites (N-methyl/N-ethyl adjacent to an activating group) is 1. The highest BCUT2D eigenvalue weighted by Crippen LogP contribution is 2.12. The third kappa shape index (κ3) is 5.61. The molecule has 0 amide bonds. The molecule has 0 aliphatic rings. The molecule has 0 bridgehead atoms. The van der Waals surface area contributed by atoms with Crippen LogP contribution in [0, 0.1) is 0 Å². The minimum atomic E-state index is 0.605. The number of rotatable bonds is 8. The highest BCUT2D eigenvalue weighted by Gasteiger charge is 2.03. The lowest BCUT2D eigenvalue weighted by Gasteiger charge is -2.20. The van der Waals surface area contributed by atoms with E-state index < -0.39 is 0 Å². The molecule has 0 atom stereocenters. The Balaban J connectivity index is 2.17. The summed E-state index contributed by atoms with van der Waals surface area (Å²) in [5.41, 5.74) is 0. The minimum Gasteiger partial charge on any atom is -0.464 e. The monoisotopic (exact) mass is 256 g/mol. The predicted octanol–water partition coefficient (Wildman–Crippen LogP) is 2.57. The number of nitrogens with one attached hydrogen (secondary N) is 1.